The molecule has 0 radical (unpaired) electrons. The monoisotopic (exact) mass is 342 g/mol. The van der Waals surface area contributed by atoms with Crippen molar-refractivity contribution in [1.29, 1.82) is 0 Å². The summed E-state index contributed by atoms with van der Waals surface area (Å²) in [4.78, 5) is 0. The van der Waals surface area contributed by atoms with E-state index in [0.717, 1.165) is 42.5 Å². The van der Waals surface area contributed by atoms with Gasteiger partial charge in [0.2, 0.25) is 0 Å². The van der Waals surface area contributed by atoms with Crippen LogP contribution in [0.4, 0.5) is 0 Å². The molecule has 0 N–H and O–H groups in total. The van der Waals surface area contributed by atoms with Gasteiger partial charge in [-0.1, -0.05) is 0 Å². The molecule has 1 aliphatic rings. The Morgan fingerprint density at radius 3 is 2.12 bits per heavy atom. The number of fused-ring (bicyclic) bond motifs is 1. The zero-order valence-corrected chi connectivity index (χ0v) is 15.2. The molecule has 132 valence electrons. The van der Waals surface area contributed by atoms with Crippen LogP contribution in [0.1, 0.15) is 16.7 Å². The molecule has 2 aromatic carbocycles. The molecule has 25 heavy (non-hydrogen) atoms. The third kappa shape index (κ3) is 3.55. The van der Waals surface area contributed by atoms with E-state index in [9.17, 15) is 0 Å². The number of rotatable bonds is 6. The van der Waals surface area contributed by atoms with Crippen molar-refractivity contribution in [3.63, 3.8) is 0 Å². The average molecular weight is 342 g/mol. The van der Waals surface area contributed by atoms with E-state index < -0.39 is 0 Å². The largest absolute Gasteiger partial charge is 0.493 e. The van der Waals surface area contributed by atoms with E-state index in [-0.39, 0.29) is 0 Å². The number of nitrogens with zero attached hydrogens (tertiary/aromatic N) is 1. The van der Waals surface area contributed by atoms with Gasteiger partial charge in [0.05, 0.1) is 28.4 Å². The molecular formula is C20H24NO4+. The molecule has 5 heteroatoms. The number of hydrogen-bond donors (Lipinski definition) is 0. The summed E-state index contributed by atoms with van der Waals surface area (Å²) in [6, 6.07) is 10.1. The molecule has 0 bridgehead atoms. The molecule has 2 aromatic rings. The Morgan fingerprint density at radius 1 is 0.800 bits per heavy atom. The van der Waals surface area contributed by atoms with Crippen LogP contribution in [0.5, 0.6) is 23.0 Å². The number of ether oxygens (including phenoxy) is 4. The van der Waals surface area contributed by atoms with Gasteiger partial charge < -0.3 is 18.9 Å². The van der Waals surface area contributed by atoms with Gasteiger partial charge in [0.25, 0.3) is 0 Å². The van der Waals surface area contributed by atoms with Gasteiger partial charge in [0.15, 0.2) is 35.8 Å². The van der Waals surface area contributed by atoms with Crippen molar-refractivity contribution >= 4 is 6.21 Å². The maximum absolute atomic E-state index is 5.42. The van der Waals surface area contributed by atoms with Crippen molar-refractivity contribution in [3.8, 4) is 23.0 Å². The topological polar surface area (TPSA) is 39.9 Å². The minimum absolute atomic E-state index is 0.746. The molecule has 1 aliphatic heterocycles. The predicted octanol–water partition coefficient (Wildman–Crippen LogP) is 2.91. The summed E-state index contributed by atoms with van der Waals surface area (Å²) in [6.45, 7) is 1.77. The molecule has 0 aromatic heterocycles. The summed E-state index contributed by atoms with van der Waals surface area (Å²) in [5.74, 6) is 3.04. The third-order valence-corrected chi connectivity index (χ3v) is 4.47. The zero-order valence-electron chi connectivity index (χ0n) is 15.2. The van der Waals surface area contributed by atoms with Crippen molar-refractivity contribution in [2.45, 2.75) is 13.0 Å². The molecule has 1 heterocycles. The van der Waals surface area contributed by atoms with Crippen molar-refractivity contribution in [2.75, 3.05) is 35.0 Å². The molecule has 0 saturated heterocycles. The fourth-order valence-corrected chi connectivity index (χ4v) is 3.14. The van der Waals surface area contributed by atoms with Crippen LogP contribution in [0.2, 0.25) is 0 Å². The van der Waals surface area contributed by atoms with Crippen LogP contribution < -0.4 is 18.9 Å². The number of benzene rings is 2. The predicted molar refractivity (Wildman–Crippen MR) is 96.8 cm³/mol. The second-order valence-corrected chi connectivity index (χ2v) is 5.94. The maximum atomic E-state index is 5.42. The quantitative estimate of drug-likeness (QED) is 0.757. The smallest absolute Gasteiger partial charge is 0.171 e. The number of hydrogen-bond acceptors (Lipinski definition) is 4. The molecule has 0 aliphatic carbocycles. The summed E-state index contributed by atoms with van der Waals surface area (Å²) in [5.41, 5.74) is 3.63. The zero-order chi connectivity index (χ0) is 17.8. The average Bonchev–Trinajstić information content (AvgIpc) is 2.66. The highest BCUT2D eigenvalue weighted by Crippen LogP contribution is 2.32. The Balaban J connectivity index is 1.87. The Kier molecular flexibility index (Phi) is 5.12. The van der Waals surface area contributed by atoms with Crippen molar-refractivity contribution in [1.82, 2.24) is 0 Å². The molecular weight excluding hydrogens is 318 g/mol. The van der Waals surface area contributed by atoms with Gasteiger partial charge in [-0.05, 0) is 35.9 Å². The van der Waals surface area contributed by atoms with E-state index in [0.29, 0.717) is 0 Å². The lowest BCUT2D eigenvalue weighted by Crippen LogP contribution is -2.22. The lowest BCUT2D eigenvalue weighted by Gasteiger charge is -2.16. The van der Waals surface area contributed by atoms with E-state index in [4.69, 9.17) is 18.9 Å². The Bertz CT molecular complexity index is 799. The Hall–Kier alpha value is -2.69. The fraction of sp³-hybridized carbons (Fsp3) is 0.350. The Labute approximate surface area is 148 Å². The van der Waals surface area contributed by atoms with Crippen LogP contribution in [-0.4, -0.2) is 45.8 Å². The van der Waals surface area contributed by atoms with E-state index in [1.807, 2.05) is 18.2 Å². The summed E-state index contributed by atoms with van der Waals surface area (Å²) >= 11 is 0. The molecule has 3 rings (SSSR count). The van der Waals surface area contributed by atoms with E-state index in [1.54, 1.807) is 28.4 Å². The van der Waals surface area contributed by atoms with Crippen LogP contribution >= 0.6 is 0 Å². The van der Waals surface area contributed by atoms with E-state index >= 15 is 0 Å². The minimum Gasteiger partial charge on any atom is -0.493 e. The molecule has 0 saturated carbocycles. The first-order chi connectivity index (χ1) is 12.2. The molecule has 0 fully saturated rings. The first-order valence-corrected chi connectivity index (χ1v) is 8.23. The standard InChI is InChI=1S/C20H24NO4/c1-22-17-6-5-14(9-18(17)23-2)12-21-8-7-15-10-19(24-3)20(25-4)11-16(15)13-21/h5-6,9-11,13H,7-8,12H2,1-4H3/q+1. The second kappa shape index (κ2) is 7.47. The van der Waals surface area contributed by atoms with E-state index in [2.05, 4.69) is 22.9 Å². The van der Waals surface area contributed by atoms with Crippen LogP contribution in [0.15, 0.2) is 30.3 Å². The minimum atomic E-state index is 0.746. The van der Waals surface area contributed by atoms with E-state index in [1.165, 1.54) is 16.7 Å². The highest BCUT2D eigenvalue weighted by molar-refractivity contribution is 5.80. The van der Waals surface area contributed by atoms with Gasteiger partial charge in [-0.25, -0.2) is 4.58 Å². The SMILES string of the molecule is COc1ccc(C[N+]2=Cc3cc(OC)c(OC)cc3CC2)cc1OC. The van der Waals surface area contributed by atoms with Gasteiger partial charge in [0.1, 0.15) is 6.54 Å². The van der Waals surface area contributed by atoms with Gasteiger partial charge in [-0.3, -0.25) is 0 Å². The molecule has 0 atom stereocenters. The normalized spacial score (nSPS) is 12.9. The van der Waals surface area contributed by atoms with Crippen molar-refractivity contribution in [3.05, 3.63) is 47.0 Å². The third-order valence-electron chi connectivity index (χ3n) is 4.47. The summed E-state index contributed by atoms with van der Waals surface area (Å²) in [6.07, 6.45) is 3.15. The maximum Gasteiger partial charge on any atom is 0.171 e. The molecule has 5 nitrogen and oxygen atoms in total. The summed E-state index contributed by atoms with van der Waals surface area (Å²) in [7, 11) is 6.63. The Morgan fingerprint density at radius 2 is 1.44 bits per heavy atom. The second-order valence-electron chi connectivity index (χ2n) is 5.94. The van der Waals surface area contributed by atoms with Gasteiger partial charge in [-0.2, -0.15) is 0 Å². The lowest BCUT2D eigenvalue weighted by molar-refractivity contribution is -0.540. The fourth-order valence-electron chi connectivity index (χ4n) is 3.14. The summed E-state index contributed by atoms with van der Waals surface area (Å²) < 4.78 is 23.8. The first kappa shape index (κ1) is 17.1. The van der Waals surface area contributed by atoms with Crippen LogP contribution in [0, 0.1) is 0 Å². The first-order valence-electron chi connectivity index (χ1n) is 8.23. The highest BCUT2D eigenvalue weighted by atomic mass is 16.5. The lowest BCUT2D eigenvalue weighted by atomic mass is 10.0. The summed E-state index contributed by atoms with van der Waals surface area (Å²) in [5, 5.41) is 0. The van der Waals surface area contributed by atoms with Gasteiger partial charge >= 0.3 is 0 Å². The van der Waals surface area contributed by atoms with Crippen LogP contribution in [-0.2, 0) is 13.0 Å². The van der Waals surface area contributed by atoms with Crippen LogP contribution in [0.3, 0.4) is 0 Å². The highest BCUT2D eigenvalue weighted by Gasteiger charge is 2.20. The number of methoxy groups -OCH3 is 4. The molecule has 0 amide bonds. The van der Waals surface area contributed by atoms with Crippen molar-refractivity contribution in [2.24, 2.45) is 0 Å². The molecule has 0 spiro atoms. The molecule has 0 unspecified atom stereocenters. The van der Waals surface area contributed by atoms with Crippen LogP contribution in [0.25, 0.3) is 0 Å². The van der Waals surface area contributed by atoms with Gasteiger partial charge in [-0.15, -0.1) is 0 Å². The van der Waals surface area contributed by atoms with Gasteiger partial charge in [0, 0.05) is 17.5 Å². The van der Waals surface area contributed by atoms with Crippen molar-refractivity contribution < 1.29 is 23.5 Å².